The fraction of sp³-hybridized carbons (Fsp3) is 0.529. The molecule has 0 aliphatic heterocycles. The summed E-state index contributed by atoms with van der Waals surface area (Å²) in [4.78, 5) is 0. The van der Waals surface area contributed by atoms with E-state index in [1.807, 2.05) is 6.07 Å². The molecule has 1 heteroatoms. The Labute approximate surface area is 112 Å². The van der Waals surface area contributed by atoms with Crippen molar-refractivity contribution in [1.82, 2.24) is 0 Å². The molecule has 0 spiro atoms. The summed E-state index contributed by atoms with van der Waals surface area (Å²) in [5, 5.41) is 0. The summed E-state index contributed by atoms with van der Waals surface area (Å²) in [6, 6.07) is 10.5. The van der Waals surface area contributed by atoms with E-state index in [4.69, 9.17) is 4.74 Å². The second-order valence-electron chi connectivity index (χ2n) is 4.53. The van der Waals surface area contributed by atoms with Gasteiger partial charge in [0.25, 0.3) is 0 Å². The molecule has 1 rings (SSSR count). The van der Waals surface area contributed by atoms with Crippen LogP contribution in [-0.2, 0) is 11.2 Å². The topological polar surface area (TPSA) is 9.23 Å². The highest BCUT2D eigenvalue weighted by atomic mass is 16.5. The number of ether oxygens (including phenoxy) is 1. The number of aryl methyl sites for hydroxylation is 1. The van der Waals surface area contributed by atoms with E-state index in [2.05, 4.69) is 43.0 Å². The molecule has 0 aliphatic carbocycles. The number of benzene rings is 1. The first-order chi connectivity index (χ1) is 8.86. The van der Waals surface area contributed by atoms with Crippen molar-refractivity contribution in [1.29, 1.82) is 0 Å². The van der Waals surface area contributed by atoms with Gasteiger partial charge < -0.3 is 4.74 Å². The van der Waals surface area contributed by atoms with Crippen molar-refractivity contribution < 1.29 is 4.74 Å². The SMILES string of the molecule is CCCCCC#CC(CCc1ccccc1)OC. The van der Waals surface area contributed by atoms with Gasteiger partial charge in [0.1, 0.15) is 6.10 Å². The van der Waals surface area contributed by atoms with E-state index in [9.17, 15) is 0 Å². The van der Waals surface area contributed by atoms with Gasteiger partial charge in [0.05, 0.1) is 0 Å². The van der Waals surface area contributed by atoms with E-state index in [0.29, 0.717) is 0 Å². The molecular weight excluding hydrogens is 220 g/mol. The molecule has 0 saturated heterocycles. The van der Waals surface area contributed by atoms with E-state index in [-0.39, 0.29) is 6.10 Å². The number of hydrogen-bond donors (Lipinski definition) is 0. The lowest BCUT2D eigenvalue weighted by molar-refractivity contribution is 0.141. The lowest BCUT2D eigenvalue weighted by Crippen LogP contribution is -2.08. The number of unbranched alkanes of at least 4 members (excludes halogenated alkanes) is 3. The molecule has 0 radical (unpaired) electrons. The zero-order valence-corrected chi connectivity index (χ0v) is 11.6. The third-order valence-corrected chi connectivity index (χ3v) is 2.99. The molecule has 1 atom stereocenters. The number of methoxy groups -OCH3 is 1. The summed E-state index contributed by atoms with van der Waals surface area (Å²) in [5.74, 6) is 6.46. The molecule has 1 nitrogen and oxygen atoms in total. The van der Waals surface area contributed by atoms with Gasteiger partial charge in [0.2, 0.25) is 0 Å². The second-order valence-corrected chi connectivity index (χ2v) is 4.53. The maximum atomic E-state index is 5.40. The van der Waals surface area contributed by atoms with Crippen molar-refractivity contribution in [2.75, 3.05) is 7.11 Å². The van der Waals surface area contributed by atoms with Crippen LogP contribution < -0.4 is 0 Å². The predicted octanol–water partition coefficient (Wildman–Crippen LogP) is 4.22. The maximum absolute atomic E-state index is 5.40. The quantitative estimate of drug-likeness (QED) is 0.515. The van der Waals surface area contributed by atoms with Gasteiger partial charge in [-0.15, -0.1) is 5.92 Å². The van der Waals surface area contributed by atoms with Crippen molar-refractivity contribution in [3.63, 3.8) is 0 Å². The van der Waals surface area contributed by atoms with E-state index in [1.165, 1.54) is 24.8 Å². The molecule has 1 aromatic rings. The Kier molecular flexibility index (Phi) is 8.01. The third kappa shape index (κ3) is 6.47. The molecule has 0 aliphatic rings. The molecule has 1 aromatic carbocycles. The Morgan fingerprint density at radius 3 is 2.61 bits per heavy atom. The third-order valence-electron chi connectivity index (χ3n) is 2.99. The van der Waals surface area contributed by atoms with Gasteiger partial charge in [-0.05, 0) is 24.8 Å². The van der Waals surface area contributed by atoms with Gasteiger partial charge in [-0.1, -0.05) is 56.0 Å². The number of rotatable bonds is 7. The summed E-state index contributed by atoms with van der Waals surface area (Å²) in [7, 11) is 1.75. The van der Waals surface area contributed by atoms with Gasteiger partial charge in [-0.3, -0.25) is 0 Å². The average molecular weight is 244 g/mol. The van der Waals surface area contributed by atoms with Crippen LogP contribution in [0.5, 0.6) is 0 Å². The van der Waals surface area contributed by atoms with Crippen molar-refractivity contribution in [3.05, 3.63) is 35.9 Å². The first-order valence-corrected chi connectivity index (χ1v) is 6.92. The van der Waals surface area contributed by atoms with Gasteiger partial charge in [0.15, 0.2) is 0 Å². The lowest BCUT2D eigenvalue weighted by atomic mass is 10.1. The molecular formula is C17H24O. The van der Waals surface area contributed by atoms with Crippen LogP contribution >= 0.6 is 0 Å². The Balaban J connectivity index is 2.29. The Morgan fingerprint density at radius 1 is 1.17 bits per heavy atom. The Bertz CT molecular complexity index is 358. The van der Waals surface area contributed by atoms with Gasteiger partial charge in [-0.2, -0.15) is 0 Å². The number of hydrogen-bond acceptors (Lipinski definition) is 1. The van der Waals surface area contributed by atoms with Crippen molar-refractivity contribution in [2.24, 2.45) is 0 Å². The van der Waals surface area contributed by atoms with Crippen LogP contribution in [0.4, 0.5) is 0 Å². The summed E-state index contributed by atoms with van der Waals surface area (Å²) >= 11 is 0. The molecule has 18 heavy (non-hydrogen) atoms. The zero-order valence-electron chi connectivity index (χ0n) is 11.6. The second kappa shape index (κ2) is 9.74. The minimum Gasteiger partial charge on any atom is -0.369 e. The van der Waals surface area contributed by atoms with Crippen LogP contribution in [-0.4, -0.2) is 13.2 Å². The summed E-state index contributed by atoms with van der Waals surface area (Å²) < 4.78 is 5.40. The van der Waals surface area contributed by atoms with Gasteiger partial charge in [0, 0.05) is 13.5 Å². The van der Waals surface area contributed by atoms with Crippen molar-refractivity contribution in [2.45, 2.75) is 51.6 Å². The van der Waals surface area contributed by atoms with Crippen molar-refractivity contribution in [3.8, 4) is 11.8 Å². The molecule has 0 heterocycles. The molecule has 0 fully saturated rings. The van der Waals surface area contributed by atoms with Crippen LogP contribution in [0.15, 0.2) is 30.3 Å². The molecule has 0 amide bonds. The zero-order chi connectivity index (χ0) is 13.1. The highest BCUT2D eigenvalue weighted by molar-refractivity contribution is 5.15. The van der Waals surface area contributed by atoms with Crippen LogP contribution in [0.3, 0.4) is 0 Å². The first-order valence-electron chi connectivity index (χ1n) is 6.92. The standard InChI is InChI=1S/C17H24O/c1-3-4-5-6-10-13-17(18-2)15-14-16-11-8-7-9-12-16/h7-9,11-12,17H,3-6,14-15H2,1-2H3. The predicted molar refractivity (Wildman–Crippen MR) is 77.5 cm³/mol. The first kappa shape index (κ1) is 14.8. The fourth-order valence-corrected chi connectivity index (χ4v) is 1.84. The van der Waals surface area contributed by atoms with E-state index >= 15 is 0 Å². The molecule has 98 valence electrons. The van der Waals surface area contributed by atoms with Crippen LogP contribution in [0, 0.1) is 11.8 Å². The summed E-state index contributed by atoms with van der Waals surface area (Å²) in [6.45, 7) is 2.21. The molecule has 0 aromatic heterocycles. The van der Waals surface area contributed by atoms with E-state index in [0.717, 1.165) is 19.3 Å². The van der Waals surface area contributed by atoms with Crippen LogP contribution in [0.25, 0.3) is 0 Å². The summed E-state index contributed by atoms with van der Waals surface area (Å²) in [5.41, 5.74) is 1.35. The molecule has 0 N–H and O–H groups in total. The average Bonchev–Trinajstić information content (AvgIpc) is 2.43. The minimum atomic E-state index is 0.0758. The van der Waals surface area contributed by atoms with Gasteiger partial charge >= 0.3 is 0 Å². The lowest BCUT2D eigenvalue weighted by Gasteiger charge is -2.08. The molecule has 0 bridgehead atoms. The fourth-order valence-electron chi connectivity index (χ4n) is 1.84. The monoisotopic (exact) mass is 244 g/mol. The van der Waals surface area contributed by atoms with Crippen LogP contribution in [0.1, 0.15) is 44.6 Å². The van der Waals surface area contributed by atoms with Crippen LogP contribution in [0.2, 0.25) is 0 Å². The highest BCUT2D eigenvalue weighted by Gasteiger charge is 2.02. The smallest absolute Gasteiger partial charge is 0.118 e. The Morgan fingerprint density at radius 2 is 1.94 bits per heavy atom. The van der Waals surface area contributed by atoms with E-state index < -0.39 is 0 Å². The maximum Gasteiger partial charge on any atom is 0.118 e. The largest absolute Gasteiger partial charge is 0.369 e. The molecule has 1 unspecified atom stereocenters. The van der Waals surface area contributed by atoms with Crippen molar-refractivity contribution >= 4 is 0 Å². The minimum absolute atomic E-state index is 0.0758. The summed E-state index contributed by atoms with van der Waals surface area (Å²) in [6.07, 6.45) is 6.81. The van der Waals surface area contributed by atoms with E-state index in [1.54, 1.807) is 7.11 Å². The highest BCUT2D eigenvalue weighted by Crippen LogP contribution is 2.06. The van der Waals surface area contributed by atoms with Gasteiger partial charge in [-0.25, -0.2) is 0 Å². The Hall–Kier alpha value is -1.26. The molecule has 0 saturated carbocycles. The normalized spacial score (nSPS) is 11.7.